The molecule has 17 heavy (non-hydrogen) atoms. The van der Waals surface area contributed by atoms with Gasteiger partial charge in [-0.25, -0.2) is 9.79 Å². The van der Waals surface area contributed by atoms with Gasteiger partial charge in [0.2, 0.25) is 12.0 Å². The highest BCUT2D eigenvalue weighted by molar-refractivity contribution is 5.72. The highest BCUT2D eigenvalue weighted by Gasteiger charge is 2.41. The third-order valence-electron chi connectivity index (χ3n) is 3.42. The molecular formula is C13H22N2O2. The fourth-order valence-electron chi connectivity index (χ4n) is 3.22. The summed E-state index contributed by atoms with van der Waals surface area (Å²) in [6.07, 6.45) is 4.45. The van der Waals surface area contributed by atoms with Gasteiger partial charge in [0.15, 0.2) is 0 Å². The van der Waals surface area contributed by atoms with Gasteiger partial charge in [-0.3, -0.25) is 4.79 Å². The summed E-state index contributed by atoms with van der Waals surface area (Å²) in [5.74, 6) is -0.00922. The molecule has 1 saturated carbocycles. The van der Waals surface area contributed by atoms with Crippen molar-refractivity contribution in [2.45, 2.75) is 53.0 Å². The number of carbonyl (C=O) groups excluding carboxylic acids is 2. The zero-order chi connectivity index (χ0) is 13.1. The highest BCUT2D eigenvalue weighted by Crippen LogP contribution is 2.46. The monoisotopic (exact) mass is 238 g/mol. The van der Waals surface area contributed by atoms with Crippen molar-refractivity contribution in [3.8, 4) is 0 Å². The van der Waals surface area contributed by atoms with Crippen molar-refractivity contribution in [2.75, 3.05) is 6.54 Å². The molecule has 4 heteroatoms. The van der Waals surface area contributed by atoms with Crippen LogP contribution in [-0.4, -0.2) is 24.6 Å². The molecule has 1 amide bonds. The molecule has 1 aliphatic rings. The quantitative estimate of drug-likeness (QED) is 0.604. The molecule has 0 aromatic carbocycles. The second-order valence-electron chi connectivity index (χ2n) is 6.34. The van der Waals surface area contributed by atoms with Crippen LogP contribution < -0.4 is 5.32 Å². The molecule has 1 aliphatic carbocycles. The van der Waals surface area contributed by atoms with Crippen molar-refractivity contribution < 1.29 is 9.59 Å². The van der Waals surface area contributed by atoms with Crippen LogP contribution in [0.3, 0.4) is 0 Å². The zero-order valence-corrected chi connectivity index (χ0v) is 11.2. The Kier molecular flexibility index (Phi) is 4.10. The first-order valence-corrected chi connectivity index (χ1v) is 6.08. The van der Waals surface area contributed by atoms with E-state index >= 15 is 0 Å². The summed E-state index contributed by atoms with van der Waals surface area (Å²) >= 11 is 0. The van der Waals surface area contributed by atoms with E-state index in [0.717, 1.165) is 19.3 Å². The van der Waals surface area contributed by atoms with Crippen LogP contribution in [0.4, 0.5) is 0 Å². The molecule has 0 heterocycles. The van der Waals surface area contributed by atoms with Gasteiger partial charge in [0, 0.05) is 13.5 Å². The lowest BCUT2D eigenvalue weighted by molar-refractivity contribution is -0.119. The molecule has 0 aromatic heterocycles. The molecular weight excluding hydrogens is 216 g/mol. The summed E-state index contributed by atoms with van der Waals surface area (Å²) in [5.41, 5.74) is 0.162. The highest BCUT2D eigenvalue weighted by atomic mass is 16.1. The number of carbonyl (C=O) groups is 1. The van der Waals surface area contributed by atoms with Gasteiger partial charge < -0.3 is 5.32 Å². The molecule has 1 N–H and O–H groups in total. The molecule has 0 aliphatic heterocycles. The summed E-state index contributed by atoms with van der Waals surface area (Å²) in [5, 5.41) is 2.88. The fraction of sp³-hybridized carbons (Fsp3) is 0.846. The van der Waals surface area contributed by atoms with Gasteiger partial charge in [0.25, 0.3) is 0 Å². The van der Waals surface area contributed by atoms with Crippen LogP contribution in [-0.2, 0) is 9.59 Å². The largest absolute Gasteiger partial charge is 0.356 e. The Morgan fingerprint density at radius 3 is 2.59 bits per heavy atom. The van der Waals surface area contributed by atoms with E-state index in [1.54, 1.807) is 6.08 Å². The second-order valence-corrected chi connectivity index (χ2v) is 6.34. The Bertz CT molecular complexity index is 345. The lowest BCUT2D eigenvalue weighted by Gasteiger charge is -2.45. The molecule has 4 nitrogen and oxygen atoms in total. The topological polar surface area (TPSA) is 58.5 Å². The van der Waals surface area contributed by atoms with E-state index in [0.29, 0.717) is 6.54 Å². The van der Waals surface area contributed by atoms with E-state index in [1.165, 1.54) is 6.92 Å². The summed E-state index contributed by atoms with van der Waals surface area (Å²) < 4.78 is 0. The third-order valence-corrected chi connectivity index (χ3v) is 3.42. The third kappa shape index (κ3) is 4.31. The number of hydrogen-bond acceptors (Lipinski definition) is 3. The van der Waals surface area contributed by atoms with E-state index in [1.807, 2.05) is 0 Å². The Morgan fingerprint density at radius 1 is 1.41 bits per heavy atom. The number of rotatable bonds is 3. The van der Waals surface area contributed by atoms with E-state index in [9.17, 15) is 9.59 Å². The first-order valence-electron chi connectivity index (χ1n) is 6.08. The molecule has 2 unspecified atom stereocenters. The van der Waals surface area contributed by atoms with Crippen LogP contribution in [0.5, 0.6) is 0 Å². The lowest BCUT2D eigenvalue weighted by Crippen LogP contribution is -2.44. The van der Waals surface area contributed by atoms with Crippen LogP contribution in [0.25, 0.3) is 0 Å². The number of hydrogen-bond donors (Lipinski definition) is 1. The van der Waals surface area contributed by atoms with Crippen molar-refractivity contribution in [3.05, 3.63) is 0 Å². The molecule has 0 spiro atoms. The molecule has 96 valence electrons. The fourth-order valence-corrected chi connectivity index (χ4v) is 3.22. The van der Waals surface area contributed by atoms with Crippen LogP contribution in [0, 0.1) is 10.8 Å². The number of nitrogens with zero attached hydrogens (tertiary/aromatic N) is 1. The molecule has 0 saturated heterocycles. The van der Waals surface area contributed by atoms with Crippen LogP contribution in [0.1, 0.15) is 47.0 Å². The summed E-state index contributed by atoms with van der Waals surface area (Å²) in [6.45, 7) is 8.70. The predicted octanol–water partition coefficient (Wildman–Crippen LogP) is 2.04. The number of aliphatic imine (C=N–C) groups is 1. The smallest absolute Gasteiger partial charge is 0.235 e. The molecule has 1 rings (SSSR count). The Hall–Kier alpha value is -1.15. The Labute approximate surface area is 103 Å². The van der Waals surface area contributed by atoms with Gasteiger partial charge in [-0.15, -0.1) is 0 Å². The zero-order valence-electron chi connectivity index (χ0n) is 11.2. The maximum absolute atomic E-state index is 11.0. The molecule has 2 atom stereocenters. The SMILES string of the molecule is CC(=O)NCC1(C)CC(N=C=O)CC(C)(C)C1. The minimum absolute atomic E-state index is 0.00922. The van der Waals surface area contributed by atoms with Gasteiger partial charge in [0.05, 0.1) is 6.04 Å². The van der Waals surface area contributed by atoms with E-state index < -0.39 is 0 Å². The molecule has 0 bridgehead atoms. The van der Waals surface area contributed by atoms with Crippen molar-refractivity contribution in [1.82, 2.24) is 5.32 Å². The van der Waals surface area contributed by atoms with Gasteiger partial charge in [-0.1, -0.05) is 20.8 Å². The summed E-state index contributed by atoms with van der Waals surface area (Å²) in [7, 11) is 0. The van der Waals surface area contributed by atoms with Crippen molar-refractivity contribution in [2.24, 2.45) is 15.8 Å². The average molecular weight is 238 g/mol. The molecule has 0 radical (unpaired) electrons. The first kappa shape index (κ1) is 13.9. The number of isocyanates is 1. The first-order chi connectivity index (χ1) is 7.76. The lowest BCUT2D eigenvalue weighted by atomic mass is 9.62. The number of nitrogens with one attached hydrogen (secondary N) is 1. The van der Waals surface area contributed by atoms with Crippen LogP contribution >= 0.6 is 0 Å². The summed E-state index contributed by atoms with van der Waals surface area (Å²) in [4.78, 5) is 25.3. The van der Waals surface area contributed by atoms with Crippen molar-refractivity contribution in [1.29, 1.82) is 0 Å². The van der Waals surface area contributed by atoms with E-state index in [2.05, 4.69) is 31.1 Å². The van der Waals surface area contributed by atoms with Crippen molar-refractivity contribution in [3.63, 3.8) is 0 Å². The maximum Gasteiger partial charge on any atom is 0.235 e. The van der Waals surface area contributed by atoms with Crippen molar-refractivity contribution >= 4 is 12.0 Å². The maximum atomic E-state index is 11.0. The van der Waals surface area contributed by atoms with Crippen LogP contribution in [0.15, 0.2) is 4.99 Å². The normalized spacial score (nSPS) is 31.4. The predicted molar refractivity (Wildman–Crippen MR) is 66.3 cm³/mol. The van der Waals surface area contributed by atoms with Gasteiger partial charge in [-0.2, -0.15) is 0 Å². The minimum atomic E-state index is -0.00922. The van der Waals surface area contributed by atoms with Gasteiger partial charge in [-0.05, 0) is 30.1 Å². The molecule has 0 aromatic rings. The Balaban J connectivity index is 2.76. The van der Waals surface area contributed by atoms with E-state index in [4.69, 9.17) is 0 Å². The average Bonchev–Trinajstić information content (AvgIpc) is 2.12. The van der Waals surface area contributed by atoms with Gasteiger partial charge in [0.1, 0.15) is 0 Å². The Morgan fingerprint density at radius 2 is 2.06 bits per heavy atom. The van der Waals surface area contributed by atoms with Crippen LogP contribution in [0.2, 0.25) is 0 Å². The van der Waals surface area contributed by atoms with Gasteiger partial charge >= 0.3 is 0 Å². The van der Waals surface area contributed by atoms with E-state index in [-0.39, 0.29) is 22.8 Å². The summed E-state index contributed by atoms with van der Waals surface area (Å²) in [6, 6.07) is 0.0370. The number of amides is 1. The standard InChI is InChI=1S/C13H22N2O2/c1-10(17)14-8-13(4)6-11(15-9-16)5-12(2,3)7-13/h11H,5-8H2,1-4H3,(H,14,17). The minimum Gasteiger partial charge on any atom is -0.356 e. The second kappa shape index (κ2) is 5.01. The molecule has 1 fully saturated rings.